The van der Waals surface area contributed by atoms with Crippen LogP contribution in [-0.4, -0.2) is 48.4 Å². The first-order valence-electron chi connectivity index (χ1n) is 11.7. The third-order valence-electron chi connectivity index (χ3n) is 6.74. The van der Waals surface area contributed by atoms with Crippen molar-refractivity contribution in [1.82, 2.24) is 14.4 Å². The smallest absolute Gasteiger partial charge is 0.259 e. The van der Waals surface area contributed by atoms with Gasteiger partial charge in [0.05, 0.1) is 27.8 Å². The number of carbonyl (C=O) groups is 1. The lowest BCUT2D eigenvalue weighted by molar-refractivity contribution is 0.0986. The number of anilines is 1. The van der Waals surface area contributed by atoms with Gasteiger partial charge >= 0.3 is 0 Å². The monoisotopic (exact) mass is 492 g/mol. The van der Waals surface area contributed by atoms with Crippen LogP contribution in [0.3, 0.4) is 0 Å². The van der Waals surface area contributed by atoms with E-state index in [-0.39, 0.29) is 16.5 Å². The zero-order chi connectivity index (χ0) is 24.2. The highest BCUT2D eigenvalue weighted by atomic mass is 32.2. The average molecular weight is 493 g/mol. The summed E-state index contributed by atoms with van der Waals surface area (Å²) in [5.41, 5.74) is 3.31. The highest BCUT2D eigenvalue weighted by molar-refractivity contribution is 7.89. The molecule has 1 amide bonds. The van der Waals surface area contributed by atoms with Gasteiger partial charge in [-0.2, -0.15) is 4.31 Å². The highest BCUT2D eigenvalue weighted by Crippen LogP contribution is 2.34. The van der Waals surface area contributed by atoms with E-state index in [2.05, 4.69) is 10.1 Å². The van der Waals surface area contributed by atoms with Gasteiger partial charge in [-0.05, 0) is 74.6 Å². The Morgan fingerprint density at radius 1 is 1.06 bits per heavy atom. The summed E-state index contributed by atoms with van der Waals surface area (Å²) in [6, 6.07) is 10.3. The quantitative estimate of drug-likeness (QED) is 0.420. The van der Waals surface area contributed by atoms with Crippen LogP contribution in [0.4, 0.5) is 5.69 Å². The molecule has 180 valence electrons. The van der Waals surface area contributed by atoms with Crippen molar-refractivity contribution in [3.63, 3.8) is 0 Å². The Hall–Kier alpha value is -3.50. The molecule has 10 heteroatoms. The number of rotatable bonds is 4. The number of hydrogen-bond acceptors (Lipinski definition) is 7. The second-order valence-corrected chi connectivity index (χ2v) is 10.9. The van der Waals surface area contributed by atoms with E-state index < -0.39 is 10.0 Å². The number of carbonyl (C=O) groups excluding carboxylic acids is 1. The summed E-state index contributed by atoms with van der Waals surface area (Å²) in [7, 11) is -3.53. The van der Waals surface area contributed by atoms with Crippen molar-refractivity contribution in [2.75, 3.05) is 24.5 Å². The molecule has 9 nitrogen and oxygen atoms in total. The van der Waals surface area contributed by atoms with E-state index in [4.69, 9.17) is 8.94 Å². The third-order valence-corrected chi connectivity index (χ3v) is 8.63. The van der Waals surface area contributed by atoms with Crippen LogP contribution in [0.5, 0.6) is 0 Å². The van der Waals surface area contributed by atoms with Crippen molar-refractivity contribution < 1.29 is 22.2 Å². The molecule has 5 heterocycles. The molecular weight excluding hydrogens is 468 g/mol. The number of aryl methyl sites for hydroxylation is 2. The van der Waals surface area contributed by atoms with Crippen molar-refractivity contribution in [3.05, 3.63) is 59.5 Å². The average Bonchev–Trinajstić information content (AvgIpc) is 3.65. The molecule has 0 radical (unpaired) electrons. The van der Waals surface area contributed by atoms with Gasteiger partial charge in [0.2, 0.25) is 10.0 Å². The second kappa shape index (κ2) is 8.31. The molecular formula is C25H24N4O5S. The van der Waals surface area contributed by atoms with Crippen LogP contribution >= 0.6 is 0 Å². The molecule has 2 aliphatic heterocycles. The van der Waals surface area contributed by atoms with Crippen molar-refractivity contribution in [2.24, 2.45) is 0 Å². The SMILES string of the molecule is Cc1noc2nc(-c3ccco3)cc(C(=O)N3CCCc4cc(S(=O)(=O)N5CCCC5)ccc43)c12. The fourth-order valence-electron chi connectivity index (χ4n) is 4.98. The first-order valence-corrected chi connectivity index (χ1v) is 13.1. The maximum absolute atomic E-state index is 13.9. The minimum absolute atomic E-state index is 0.215. The van der Waals surface area contributed by atoms with Gasteiger partial charge in [-0.25, -0.2) is 13.4 Å². The van der Waals surface area contributed by atoms with Crippen LogP contribution in [0.25, 0.3) is 22.6 Å². The van der Waals surface area contributed by atoms with Crippen LogP contribution < -0.4 is 4.90 Å². The zero-order valence-corrected chi connectivity index (χ0v) is 20.0. The standard InChI is InChI=1S/C25H24N4O5S/c1-16-23-19(15-20(22-7-5-13-33-22)26-24(23)34-27-16)25(30)29-12-4-6-17-14-18(8-9-21(17)29)35(31,32)28-10-2-3-11-28/h5,7-9,13-15H,2-4,6,10-12H2,1H3. The minimum Gasteiger partial charge on any atom is -0.463 e. The number of sulfonamides is 1. The molecule has 2 aliphatic rings. The lowest BCUT2D eigenvalue weighted by atomic mass is 10.00. The molecule has 0 aliphatic carbocycles. The first-order chi connectivity index (χ1) is 16.9. The zero-order valence-electron chi connectivity index (χ0n) is 19.2. The van der Waals surface area contributed by atoms with Crippen LogP contribution in [0.2, 0.25) is 0 Å². The molecule has 3 aromatic heterocycles. The number of nitrogens with zero attached hydrogens (tertiary/aromatic N) is 4. The Balaban J connectivity index is 1.41. The molecule has 35 heavy (non-hydrogen) atoms. The number of fused-ring (bicyclic) bond motifs is 2. The predicted octanol–water partition coefficient (Wildman–Crippen LogP) is 4.17. The summed E-state index contributed by atoms with van der Waals surface area (Å²) in [6.45, 7) is 3.40. The Kier molecular flexibility index (Phi) is 5.23. The van der Waals surface area contributed by atoms with Gasteiger partial charge in [-0.3, -0.25) is 4.79 Å². The van der Waals surface area contributed by atoms with Gasteiger partial charge in [0.1, 0.15) is 5.69 Å². The largest absolute Gasteiger partial charge is 0.463 e. The number of amides is 1. The Labute approximate surface area is 202 Å². The van der Waals surface area contributed by atoms with Crippen molar-refractivity contribution in [2.45, 2.75) is 37.5 Å². The topological polar surface area (TPSA) is 110 Å². The number of furan rings is 1. The van der Waals surface area contributed by atoms with Crippen LogP contribution in [0, 0.1) is 6.92 Å². The van der Waals surface area contributed by atoms with Crippen LogP contribution in [-0.2, 0) is 16.4 Å². The van der Waals surface area contributed by atoms with Gasteiger partial charge < -0.3 is 13.8 Å². The van der Waals surface area contributed by atoms with Crippen LogP contribution in [0.15, 0.2) is 56.5 Å². The summed E-state index contributed by atoms with van der Waals surface area (Å²) in [5.74, 6) is 0.304. The van der Waals surface area contributed by atoms with Gasteiger partial charge in [0.15, 0.2) is 5.76 Å². The summed E-state index contributed by atoms with van der Waals surface area (Å²) in [6.07, 6.45) is 4.75. The molecule has 1 fully saturated rings. The van der Waals surface area contributed by atoms with Crippen molar-refractivity contribution >= 4 is 32.7 Å². The number of benzene rings is 1. The molecule has 1 saturated heterocycles. The summed E-state index contributed by atoms with van der Waals surface area (Å²) in [5, 5.41) is 4.58. The Bertz CT molecular complexity index is 1540. The number of aromatic nitrogens is 2. The molecule has 0 spiro atoms. The maximum atomic E-state index is 13.9. The van der Waals surface area contributed by atoms with E-state index in [0.717, 1.165) is 30.5 Å². The molecule has 0 N–H and O–H groups in total. The minimum atomic E-state index is -3.53. The number of hydrogen-bond donors (Lipinski definition) is 0. The van der Waals surface area contributed by atoms with E-state index >= 15 is 0 Å². The molecule has 0 bridgehead atoms. The molecule has 0 saturated carbocycles. The van der Waals surface area contributed by atoms with E-state index in [1.807, 2.05) is 0 Å². The summed E-state index contributed by atoms with van der Waals surface area (Å²) >= 11 is 0. The van der Waals surface area contributed by atoms with Gasteiger partial charge in [-0.15, -0.1) is 0 Å². The predicted molar refractivity (Wildman–Crippen MR) is 129 cm³/mol. The van der Waals surface area contributed by atoms with Gasteiger partial charge in [0, 0.05) is 25.3 Å². The van der Waals surface area contributed by atoms with E-state index in [1.54, 1.807) is 58.8 Å². The fraction of sp³-hybridized carbons (Fsp3) is 0.320. The second-order valence-electron chi connectivity index (χ2n) is 8.94. The van der Waals surface area contributed by atoms with E-state index in [9.17, 15) is 13.2 Å². The molecule has 1 aromatic carbocycles. The lowest BCUT2D eigenvalue weighted by Crippen LogP contribution is -2.36. The molecule has 4 aromatic rings. The van der Waals surface area contributed by atoms with E-state index in [1.165, 1.54) is 0 Å². The normalized spacial score (nSPS) is 16.7. The van der Waals surface area contributed by atoms with Gasteiger partial charge in [0.25, 0.3) is 11.6 Å². The lowest BCUT2D eigenvalue weighted by Gasteiger charge is -2.30. The molecule has 6 rings (SSSR count). The summed E-state index contributed by atoms with van der Waals surface area (Å²) in [4.78, 5) is 20.4. The molecule has 0 atom stereocenters. The van der Waals surface area contributed by atoms with Crippen molar-refractivity contribution in [1.29, 1.82) is 0 Å². The Morgan fingerprint density at radius 2 is 1.89 bits per heavy atom. The first kappa shape index (κ1) is 22.0. The van der Waals surface area contributed by atoms with E-state index in [0.29, 0.717) is 54.2 Å². The van der Waals surface area contributed by atoms with Crippen molar-refractivity contribution in [3.8, 4) is 11.5 Å². The van der Waals surface area contributed by atoms with Gasteiger partial charge in [-0.1, -0.05) is 5.16 Å². The highest BCUT2D eigenvalue weighted by Gasteiger charge is 2.31. The fourth-order valence-corrected chi connectivity index (χ4v) is 6.55. The summed E-state index contributed by atoms with van der Waals surface area (Å²) < 4.78 is 38.6. The number of pyridine rings is 1. The Morgan fingerprint density at radius 3 is 2.66 bits per heavy atom. The molecule has 0 unspecified atom stereocenters. The third kappa shape index (κ3) is 3.64. The van der Waals surface area contributed by atoms with Crippen LogP contribution in [0.1, 0.15) is 40.9 Å². The maximum Gasteiger partial charge on any atom is 0.259 e.